The van der Waals surface area contributed by atoms with Crippen LogP contribution in [0.25, 0.3) is 0 Å². The van der Waals surface area contributed by atoms with Gasteiger partial charge in [0.1, 0.15) is 5.60 Å². The zero-order chi connectivity index (χ0) is 21.6. The molecule has 6 heteroatoms. The Bertz CT molecular complexity index is 825. The minimum Gasteiger partial charge on any atom is -0.444 e. The fourth-order valence-electron chi connectivity index (χ4n) is 3.71. The van der Waals surface area contributed by atoms with Gasteiger partial charge in [-0.25, -0.2) is 4.79 Å². The van der Waals surface area contributed by atoms with Crippen LogP contribution in [-0.4, -0.2) is 40.9 Å². The van der Waals surface area contributed by atoms with Gasteiger partial charge in [0.15, 0.2) is 0 Å². The number of rotatable bonds is 6. The van der Waals surface area contributed by atoms with Gasteiger partial charge in [-0.05, 0) is 69.2 Å². The number of nitrogens with one attached hydrogen (secondary N) is 1. The predicted molar refractivity (Wildman–Crippen MR) is 123 cm³/mol. The smallest absolute Gasteiger partial charge is 0.410 e. The fraction of sp³-hybridized carbons (Fsp3) is 0.500. The van der Waals surface area contributed by atoms with Crippen molar-refractivity contribution < 1.29 is 9.53 Å². The van der Waals surface area contributed by atoms with Crippen molar-refractivity contribution >= 4 is 17.9 Å². The maximum absolute atomic E-state index is 12.3. The molecular formula is C24H33N3O2S. The second-order valence-corrected chi connectivity index (χ2v) is 9.62. The number of amides is 1. The highest BCUT2D eigenvalue weighted by molar-refractivity contribution is 7.98. The molecule has 162 valence electrons. The molecule has 0 bridgehead atoms. The summed E-state index contributed by atoms with van der Waals surface area (Å²) in [4.78, 5) is 20.1. The average Bonchev–Trinajstić information content (AvgIpc) is 2.73. The van der Waals surface area contributed by atoms with Gasteiger partial charge in [0.05, 0.1) is 0 Å². The van der Waals surface area contributed by atoms with Crippen LogP contribution in [0.5, 0.6) is 0 Å². The minimum atomic E-state index is -0.455. The number of aromatic nitrogens is 1. The number of pyridine rings is 1. The van der Waals surface area contributed by atoms with Gasteiger partial charge in [-0.3, -0.25) is 4.98 Å². The van der Waals surface area contributed by atoms with E-state index < -0.39 is 5.60 Å². The highest BCUT2D eigenvalue weighted by Gasteiger charge is 2.28. The van der Waals surface area contributed by atoms with Crippen molar-refractivity contribution in [3.05, 3.63) is 59.4 Å². The minimum absolute atomic E-state index is 0.212. The van der Waals surface area contributed by atoms with Crippen LogP contribution < -0.4 is 5.32 Å². The molecule has 2 aromatic rings. The highest BCUT2D eigenvalue weighted by atomic mass is 32.2. The number of piperidine rings is 1. The molecular weight excluding hydrogens is 394 g/mol. The lowest BCUT2D eigenvalue weighted by atomic mass is 9.90. The van der Waals surface area contributed by atoms with Crippen molar-refractivity contribution in [3.63, 3.8) is 0 Å². The molecule has 2 heterocycles. The van der Waals surface area contributed by atoms with Gasteiger partial charge in [-0.2, -0.15) is 0 Å². The lowest BCUT2D eigenvalue weighted by Crippen LogP contribution is -2.41. The summed E-state index contributed by atoms with van der Waals surface area (Å²) in [6, 6.07) is 12.8. The number of likely N-dealkylation sites (tertiary alicyclic amines) is 1. The maximum Gasteiger partial charge on any atom is 0.410 e. The van der Waals surface area contributed by atoms with Crippen LogP contribution >= 0.6 is 11.8 Å². The topological polar surface area (TPSA) is 54.5 Å². The molecule has 1 aromatic heterocycles. The Morgan fingerprint density at radius 3 is 2.50 bits per heavy atom. The van der Waals surface area contributed by atoms with E-state index in [-0.39, 0.29) is 6.09 Å². The third-order valence-corrected chi connectivity index (χ3v) is 6.01. The van der Waals surface area contributed by atoms with Crippen LogP contribution in [0.4, 0.5) is 4.79 Å². The highest BCUT2D eigenvalue weighted by Crippen LogP contribution is 2.29. The third kappa shape index (κ3) is 6.47. The summed E-state index contributed by atoms with van der Waals surface area (Å²) in [5, 5.41) is 3.56. The molecule has 1 amide bonds. The van der Waals surface area contributed by atoms with Gasteiger partial charge in [-0.1, -0.05) is 18.2 Å². The van der Waals surface area contributed by atoms with E-state index in [1.807, 2.05) is 37.9 Å². The zero-order valence-electron chi connectivity index (χ0n) is 18.5. The van der Waals surface area contributed by atoms with Gasteiger partial charge in [0.25, 0.3) is 0 Å². The van der Waals surface area contributed by atoms with E-state index in [4.69, 9.17) is 9.72 Å². The maximum atomic E-state index is 12.3. The Hall–Kier alpha value is -2.05. The van der Waals surface area contributed by atoms with Crippen LogP contribution in [0.2, 0.25) is 0 Å². The van der Waals surface area contributed by atoms with Crippen LogP contribution in [0.15, 0.2) is 47.5 Å². The molecule has 0 radical (unpaired) electrons. The summed E-state index contributed by atoms with van der Waals surface area (Å²) >= 11 is 1.76. The number of ether oxygens (including phenoxy) is 1. The van der Waals surface area contributed by atoms with E-state index in [1.54, 1.807) is 11.8 Å². The number of carbonyl (C=O) groups excluding carboxylic acids is 1. The largest absolute Gasteiger partial charge is 0.444 e. The van der Waals surface area contributed by atoms with Crippen LogP contribution in [0.3, 0.4) is 0 Å². The molecule has 1 N–H and O–H groups in total. The summed E-state index contributed by atoms with van der Waals surface area (Å²) in [6.45, 7) is 8.77. The molecule has 3 rings (SSSR count). The molecule has 1 aromatic carbocycles. The first-order valence-electron chi connectivity index (χ1n) is 10.6. The van der Waals surface area contributed by atoms with Crippen LogP contribution in [0.1, 0.15) is 56.4 Å². The standard InChI is InChI=1S/C24H33N3O2S/c1-24(2,3)29-23(28)27-14-11-19(12-15-27)22-20(6-5-13-26-22)17-25-16-18-7-9-21(30-4)10-8-18/h5-10,13,19,25H,11-12,14-17H2,1-4H3. The van der Waals surface area contributed by atoms with Crippen molar-refractivity contribution in [3.8, 4) is 0 Å². The predicted octanol–water partition coefficient (Wildman–Crippen LogP) is 5.21. The SMILES string of the molecule is CSc1ccc(CNCc2cccnc2C2CCN(C(=O)OC(C)(C)C)CC2)cc1. The molecule has 0 spiro atoms. The van der Waals surface area contributed by atoms with Gasteiger partial charge < -0.3 is 15.0 Å². The monoisotopic (exact) mass is 427 g/mol. The van der Waals surface area contributed by atoms with Crippen molar-refractivity contribution in [1.29, 1.82) is 0 Å². The molecule has 0 unspecified atom stereocenters. The summed E-state index contributed by atoms with van der Waals surface area (Å²) in [7, 11) is 0. The van der Waals surface area contributed by atoms with Crippen molar-refractivity contribution in [1.82, 2.24) is 15.2 Å². The van der Waals surface area contributed by atoms with Gasteiger partial charge in [0, 0.05) is 48.9 Å². The van der Waals surface area contributed by atoms with Crippen molar-refractivity contribution in [2.24, 2.45) is 0 Å². The number of hydrogen-bond donors (Lipinski definition) is 1. The number of benzene rings is 1. The Labute approximate surface area is 184 Å². The van der Waals surface area contributed by atoms with E-state index in [2.05, 4.69) is 41.9 Å². The van der Waals surface area contributed by atoms with Crippen molar-refractivity contribution in [2.75, 3.05) is 19.3 Å². The van der Waals surface area contributed by atoms with Crippen LogP contribution in [0, 0.1) is 0 Å². The summed E-state index contributed by atoms with van der Waals surface area (Å²) in [5.74, 6) is 0.377. The number of thioether (sulfide) groups is 1. The first-order valence-corrected chi connectivity index (χ1v) is 11.8. The Kier molecular flexibility index (Phi) is 7.78. The number of hydrogen-bond acceptors (Lipinski definition) is 5. The van der Waals surface area contributed by atoms with E-state index in [0.29, 0.717) is 19.0 Å². The molecule has 0 aliphatic carbocycles. The first-order chi connectivity index (χ1) is 14.4. The molecule has 1 fully saturated rings. The molecule has 5 nitrogen and oxygen atoms in total. The molecule has 1 saturated heterocycles. The van der Waals surface area contributed by atoms with Gasteiger partial charge in [0.2, 0.25) is 0 Å². The summed E-state index contributed by atoms with van der Waals surface area (Å²) in [6.07, 6.45) is 5.59. The number of carbonyl (C=O) groups is 1. The average molecular weight is 428 g/mol. The second kappa shape index (κ2) is 10.3. The summed E-state index contributed by atoms with van der Waals surface area (Å²) < 4.78 is 5.51. The number of nitrogens with zero attached hydrogens (tertiary/aromatic N) is 2. The quantitative estimate of drug-likeness (QED) is 0.642. The van der Waals surface area contributed by atoms with E-state index in [0.717, 1.165) is 31.6 Å². The Morgan fingerprint density at radius 1 is 1.17 bits per heavy atom. The van der Waals surface area contributed by atoms with Gasteiger partial charge in [-0.15, -0.1) is 11.8 Å². The third-order valence-electron chi connectivity index (χ3n) is 5.26. The normalized spacial score (nSPS) is 15.3. The first kappa shape index (κ1) is 22.6. The molecule has 1 aliphatic heterocycles. The van der Waals surface area contributed by atoms with E-state index in [9.17, 15) is 4.79 Å². The zero-order valence-corrected chi connectivity index (χ0v) is 19.3. The lowest BCUT2D eigenvalue weighted by Gasteiger charge is -2.33. The second-order valence-electron chi connectivity index (χ2n) is 8.74. The van der Waals surface area contributed by atoms with Crippen molar-refractivity contribution in [2.45, 2.75) is 63.1 Å². The Morgan fingerprint density at radius 2 is 1.87 bits per heavy atom. The molecule has 30 heavy (non-hydrogen) atoms. The molecule has 1 aliphatic rings. The van der Waals surface area contributed by atoms with E-state index in [1.165, 1.54) is 16.0 Å². The van der Waals surface area contributed by atoms with E-state index >= 15 is 0 Å². The van der Waals surface area contributed by atoms with Crippen LogP contribution in [-0.2, 0) is 17.8 Å². The fourth-order valence-corrected chi connectivity index (χ4v) is 4.12. The molecule has 0 saturated carbocycles. The summed E-state index contributed by atoms with van der Waals surface area (Å²) in [5.41, 5.74) is 3.23. The lowest BCUT2D eigenvalue weighted by molar-refractivity contribution is 0.0204. The Balaban J connectivity index is 1.54. The van der Waals surface area contributed by atoms with Gasteiger partial charge >= 0.3 is 6.09 Å². The molecule has 0 atom stereocenters.